The molecule has 1 aromatic rings. The number of aryl methyl sites for hydroxylation is 1. The number of nitrogens with two attached hydrogens (primary N) is 1. The summed E-state index contributed by atoms with van der Waals surface area (Å²) < 4.78 is 31.4. The fraction of sp³-hybridized carbons (Fsp3) is 0.455. The van der Waals surface area contributed by atoms with Gasteiger partial charge >= 0.3 is 0 Å². The molecule has 5 heteroatoms. The monoisotopic (exact) mass is 249 g/mol. The molecular weight excluding hydrogens is 236 g/mol. The Labute approximate surface area is 99.2 Å². The van der Waals surface area contributed by atoms with Crippen molar-refractivity contribution in [3.63, 3.8) is 0 Å². The van der Waals surface area contributed by atoms with E-state index in [0.29, 0.717) is 5.75 Å². The fourth-order valence-corrected chi connectivity index (χ4v) is 1.66. The number of hydrogen-bond donors (Lipinski definition) is 1. The van der Waals surface area contributed by atoms with Gasteiger partial charge in [-0.05, 0) is 31.4 Å². The van der Waals surface area contributed by atoms with Gasteiger partial charge in [0.25, 0.3) is 0 Å². The molecule has 2 N–H and O–H groups in total. The Hall–Kier alpha value is -0.870. The molecule has 0 unspecified atom stereocenters. The molecule has 0 aromatic heterocycles. The summed E-state index contributed by atoms with van der Waals surface area (Å²) in [7, 11) is 0. The van der Waals surface area contributed by atoms with Crippen molar-refractivity contribution in [2.24, 2.45) is 5.73 Å². The minimum absolute atomic E-state index is 0. The summed E-state index contributed by atoms with van der Waals surface area (Å²) in [6.07, 6.45) is 1.60. The molecule has 0 atom stereocenters. The molecule has 2 nitrogen and oxygen atoms in total. The van der Waals surface area contributed by atoms with Gasteiger partial charge in [0.05, 0.1) is 0 Å². The third kappa shape index (κ3) is 2.62. The number of hydrogen-bond acceptors (Lipinski definition) is 2. The molecule has 0 bridgehead atoms. The summed E-state index contributed by atoms with van der Waals surface area (Å²) in [6.45, 7) is 1.51. The summed E-state index contributed by atoms with van der Waals surface area (Å²) in [5.41, 5.74) is 5.85. The van der Waals surface area contributed by atoms with Gasteiger partial charge < -0.3 is 10.5 Å². The van der Waals surface area contributed by atoms with Crippen LogP contribution in [0.2, 0.25) is 0 Å². The highest BCUT2D eigenvalue weighted by Gasteiger charge is 2.27. The fourth-order valence-electron chi connectivity index (χ4n) is 1.66. The lowest BCUT2D eigenvalue weighted by molar-refractivity contribution is 0.100. The van der Waals surface area contributed by atoms with Gasteiger partial charge in [-0.25, -0.2) is 8.78 Å². The lowest BCUT2D eigenvalue weighted by Gasteiger charge is -2.32. The second-order valence-electron chi connectivity index (χ2n) is 4.01. The van der Waals surface area contributed by atoms with Gasteiger partial charge in [-0.2, -0.15) is 0 Å². The van der Waals surface area contributed by atoms with Crippen molar-refractivity contribution in [1.29, 1.82) is 0 Å². The summed E-state index contributed by atoms with van der Waals surface area (Å²) >= 11 is 0. The first kappa shape index (κ1) is 13.2. The first-order valence-corrected chi connectivity index (χ1v) is 4.94. The zero-order chi connectivity index (χ0) is 11.0. The van der Waals surface area contributed by atoms with Crippen LogP contribution in [0.15, 0.2) is 12.1 Å². The average molecular weight is 250 g/mol. The predicted octanol–water partition coefficient (Wildman–Crippen LogP) is 2.56. The number of rotatable bonds is 2. The van der Waals surface area contributed by atoms with Gasteiger partial charge in [-0.1, -0.05) is 0 Å². The van der Waals surface area contributed by atoms with Crippen molar-refractivity contribution in [2.75, 3.05) is 0 Å². The van der Waals surface area contributed by atoms with Crippen LogP contribution in [-0.4, -0.2) is 12.1 Å². The predicted molar refractivity (Wildman–Crippen MR) is 60.0 cm³/mol. The molecule has 0 radical (unpaired) electrons. The summed E-state index contributed by atoms with van der Waals surface area (Å²) in [6, 6.07) is 2.76. The molecule has 0 aliphatic heterocycles. The van der Waals surface area contributed by atoms with Crippen LogP contribution in [0, 0.1) is 18.6 Å². The van der Waals surface area contributed by atoms with E-state index in [1.165, 1.54) is 13.0 Å². The zero-order valence-electron chi connectivity index (χ0n) is 8.87. The zero-order valence-corrected chi connectivity index (χ0v) is 9.69. The molecule has 1 saturated carbocycles. The molecule has 90 valence electrons. The molecule has 1 fully saturated rings. The van der Waals surface area contributed by atoms with E-state index < -0.39 is 11.6 Å². The van der Waals surface area contributed by atoms with Gasteiger partial charge in [0.1, 0.15) is 11.9 Å². The highest BCUT2D eigenvalue weighted by molar-refractivity contribution is 5.85. The maximum Gasteiger partial charge on any atom is 0.162 e. The average Bonchev–Trinajstić information content (AvgIpc) is 2.11. The van der Waals surface area contributed by atoms with E-state index in [4.69, 9.17) is 10.5 Å². The number of halogens is 3. The quantitative estimate of drug-likeness (QED) is 0.874. The van der Waals surface area contributed by atoms with Crippen LogP contribution >= 0.6 is 12.4 Å². The van der Waals surface area contributed by atoms with Gasteiger partial charge in [0.2, 0.25) is 0 Å². The Morgan fingerprint density at radius 1 is 1.31 bits per heavy atom. The number of ether oxygens (including phenoxy) is 1. The van der Waals surface area contributed by atoms with Gasteiger partial charge in [0, 0.05) is 12.1 Å². The molecule has 0 heterocycles. The van der Waals surface area contributed by atoms with E-state index in [1.807, 2.05) is 0 Å². The van der Waals surface area contributed by atoms with Crippen LogP contribution in [0.1, 0.15) is 18.4 Å². The third-order valence-corrected chi connectivity index (χ3v) is 2.62. The minimum Gasteiger partial charge on any atom is -0.490 e. The van der Waals surface area contributed by atoms with E-state index in [2.05, 4.69) is 0 Å². The van der Waals surface area contributed by atoms with Crippen molar-refractivity contribution in [2.45, 2.75) is 31.9 Å². The van der Waals surface area contributed by atoms with Gasteiger partial charge in [-0.15, -0.1) is 12.4 Å². The van der Waals surface area contributed by atoms with E-state index in [9.17, 15) is 8.78 Å². The maximum absolute atomic E-state index is 13.0. The van der Waals surface area contributed by atoms with Crippen molar-refractivity contribution in [3.05, 3.63) is 29.3 Å². The summed E-state index contributed by atoms with van der Waals surface area (Å²) in [5, 5.41) is 0. The van der Waals surface area contributed by atoms with E-state index in [-0.39, 0.29) is 30.1 Å². The first-order valence-electron chi connectivity index (χ1n) is 4.94. The van der Waals surface area contributed by atoms with Crippen molar-refractivity contribution in [3.8, 4) is 5.75 Å². The highest BCUT2D eigenvalue weighted by atomic mass is 35.5. The molecule has 1 aliphatic carbocycles. The Morgan fingerprint density at radius 2 is 1.94 bits per heavy atom. The van der Waals surface area contributed by atoms with E-state index in [1.54, 1.807) is 0 Å². The van der Waals surface area contributed by atoms with Crippen LogP contribution < -0.4 is 10.5 Å². The maximum atomic E-state index is 13.0. The smallest absolute Gasteiger partial charge is 0.162 e. The second kappa shape index (κ2) is 4.97. The Morgan fingerprint density at radius 3 is 2.44 bits per heavy atom. The Kier molecular flexibility index (Phi) is 4.10. The molecular formula is C11H14ClF2NO. The minimum atomic E-state index is -0.867. The van der Waals surface area contributed by atoms with E-state index in [0.717, 1.165) is 18.9 Å². The molecule has 1 aromatic carbocycles. The van der Waals surface area contributed by atoms with Crippen molar-refractivity contribution < 1.29 is 13.5 Å². The SMILES string of the molecule is Cc1cc(OC2CC(N)C2)cc(F)c1F.Cl. The number of benzene rings is 1. The topological polar surface area (TPSA) is 35.2 Å². The van der Waals surface area contributed by atoms with Crippen LogP contribution in [0.5, 0.6) is 5.75 Å². The Bertz CT molecular complexity index is 357. The van der Waals surface area contributed by atoms with Crippen LogP contribution in [0.4, 0.5) is 8.78 Å². The lowest BCUT2D eigenvalue weighted by Crippen LogP contribution is -2.43. The highest BCUT2D eigenvalue weighted by Crippen LogP contribution is 2.26. The van der Waals surface area contributed by atoms with Crippen molar-refractivity contribution >= 4 is 12.4 Å². The summed E-state index contributed by atoms with van der Waals surface area (Å²) in [4.78, 5) is 0. The molecule has 16 heavy (non-hydrogen) atoms. The Balaban J connectivity index is 0.00000128. The molecule has 0 amide bonds. The largest absolute Gasteiger partial charge is 0.490 e. The summed E-state index contributed by atoms with van der Waals surface area (Å²) in [5.74, 6) is -1.30. The van der Waals surface area contributed by atoms with Crippen LogP contribution in [0.25, 0.3) is 0 Å². The molecule has 2 rings (SSSR count). The standard InChI is InChI=1S/C11H13F2NO.ClH/c1-6-2-8(5-10(12)11(6)13)15-9-3-7(14)4-9;/h2,5,7,9H,3-4,14H2,1H3;1H. The second-order valence-corrected chi connectivity index (χ2v) is 4.01. The molecule has 0 spiro atoms. The van der Waals surface area contributed by atoms with Crippen molar-refractivity contribution in [1.82, 2.24) is 0 Å². The first-order chi connectivity index (χ1) is 7.06. The third-order valence-electron chi connectivity index (χ3n) is 2.62. The van der Waals surface area contributed by atoms with Gasteiger partial charge in [0.15, 0.2) is 11.6 Å². The lowest BCUT2D eigenvalue weighted by atomic mass is 9.90. The van der Waals surface area contributed by atoms with Crippen LogP contribution in [0.3, 0.4) is 0 Å². The van der Waals surface area contributed by atoms with Gasteiger partial charge in [-0.3, -0.25) is 0 Å². The van der Waals surface area contributed by atoms with Crippen LogP contribution in [-0.2, 0) is 0 Å². The molecule has 0 saturated heterocycles. The van der Waals surface area contributed by atoms with E-state index >= 15 is 0 Å². The molecule has 1 aliphatic rings. The normalized spacial score (nSPS) is 23.2.